The van der Waals surface area contributed by atoms with Crippen LogP contribution >= 0.6 is 0 Å². The van der Waals surface area contributed by atoms with Gasteiger partial charge in [0.05, 0.1) is 6.67 Å². The van der Waals surface area contributed by atoms with Gasteiger partial charge in [-0.15, -0.1) is 0 Å². The lowest BCUT2D eigenvalue weighted by molar-refractivity contribution is -0.133. The number of piperazine rings is 1. The molecule has 7 nitrogen and oxygen atoms in total. The van der Waals surface area contributed by atoms with Gasteiger partial charge in [-0.2, -0.15) is 0 Å². The summed E-state index contributed by atoms with van der Waals surface area (Å²) in [6, 6.07) is 23.2. The first-order chi connectivity index (χ1) is 16.6. The van der Waals surface area contributed by atoms with Crippen LogP contribution in [0.1, 0.15) is 16.7 Å². The average molecular weight is 456 g/mol. The maximum Gasteiger partial charge on any atom is 0.326 e. The van der Waals surface area contributed by atoms with E-state index in [-0.39, 0.29) is 11.9 Å². The van der Waals surface area contributed by atoms with Crippen LogP contribution in [-0.2, 0) is 23.3 Å². The van der Waals surface area contributed by atoms with Crippen molar-refractivity contribution in [3.63, 3.8) is 0 Å². The summed E-state index contributed by atoms with van der Waals surface area (Å²) in [7, 11) is 0. The van der Waals surface area contributed by atoms with E-state index in [4.69, 9.17) is 0 Å². The van der Waals surface area contributed by atoms with Crippen molar-refractivity contribution >= 4 is 11.9 Å². The summed E-state index contributed by atoms with van der Waals surface area (Å²) in [6.45, 7) is 4.57. The van der Waals surface area contributed by atoms with E-state index in [1.807, 2.05) is 85.2 Å². The fourth-order valence-electron chi connectivity index (χ4n) is 4.83. The maximum atomic E-state index is 13.8. The van der Waals surface area contributed by atoms with Gasteiger partial charge in [0.25, 0.3) is 5.91 Å². The number of aromatic nitrogens is 1. The number of amides is 3. The Morgan fingerprint density at radius 2 is 1.38 bits per heavy atom. The Morgan fingerprint density at radius 1 is 0.765 bits per heavy atom. The van der Waals surface area contributed by atoms with Crippen molar-refractivity contribution in [1.29, 1.82) is 0 Å². The van der Waals surface area contributed by atoms with Crippen molar-refractivity contribution in [1.82, 2.24) is 25.0 Å². The Hall–Kier alpha value is -3.55. The molecule has 1 atom stereocenters. The number of benzene rings is 2. The second kappa shape index (κ2) is 9.75. The van der Waals surface area contributed by atoms with Crippen molar-refractivity contribution in [2.75, 3.05) is 32.8 Å². The maximum absolute atomic E-state index is 13.8. The SMILES string of the molecule is O=C1NC(Cc2ccccc2)(c2ccccc2)C(=O)N1CN1CCN(Cc2ccncc2)CC1. The van der Waals surface area contributed by atoms with E-state index < -0.39 is 5.54 Å². The Labute approximate surface area is 200 Å². The molecule has 3 amide bonds. The van der Waals surface area contributed by atoms with Gasteiger partial charge in [0.15, 0.2) is 5.54 Å². The molecule has 0 radical (unpaired) electrons. The van der Waals surface area contributed by atoms with Crippen LogP contribution in [0, 0.1) is 0 Å². The number of hydrogen-bond acceptors (Lipinski definition) is 5. The van der Waals surface area contributed by atoms with Crippen LogP contribution in [0.4, 0.5) is 4.79 Å². The van der Waals surface area contributed by atoms with Crippen molar-refractivity contribution < 1.29 is 9.59 Å². The van der Waals surface area contributed by atoms with Crippen molar-refractivity contribution in [3.05, 3.63) is 102 Å². The Balaban J connectivity index is 1.29. The monoisotopic (exact) mass is 455 g/mol. The Bertz CT molecular complexity index is 1120. The average Bonchev–Trinajstić information content (AvgIpc) is 3.12. The van der Waals surface area contributed by atoms with Crippen LogP contribution in [0.25, 0.3) is 0 Å². The van der Waals surface area contributed by atoms with Crippen LogP contribution in [0.3, 0.4) is 0 Å². The fraction of sp³-hybridized carbons (Fsp3) is 0.296. The van der Waals surface area contributed by atoms with Crippen molar-refractivity contribution in [3.8, 4) is 0 Å². The molecule has 2 fully saturated rings. The number of nitrogens with zero attached hydrogens (tertiary/aromatic N) is 4. The molecule has 3 heterocycles. The van der Waals surface area contributed by atoms with Crippen LogP contribution < -0.4 is 5.32 Å². The van der Waals surface area contributed by atoms with Crippen molar-refractivity contribution in [2.45, 2.75) is 18.5 Å². The molecule has 1 unspecified atom stereocenters. The molecule has 1 aromatic heterocycles. The largest absolute Gasteiger partial charge is 0.326 e. The fourth-order valence-corrected chi connectivity index (χ4v) is 4.83. The first kappa shape index (κ1) is 22.3. The molecule has 34 heavy (non-hydrogen) atoms. The molecule has 7 heteroatoms. The predicted molar refractivity (Wildman–Crippen MR) is 130 cm³/mol. The third kappa shape index (κ3) is 4.58. The van der Waals surface area contributed by atoms with Crippen LogP contribution in [-0.4, -0.2) is 64.5 Å². The van der Waals surface area contributed by atoms with E-state index in [0.29, 0.717) is 13.1 Å². The van der Waals surface area contributed by atoms with E-state index in [1.54, 1.807) is 0 Å². The molecule has 3 aromatic rings. The first-order valence-electron chi connectivity index (χ1n) is 11.7. The van der Waals surface area contributed by atoms with Gasteiger partial charge in [-0.1, -0.05) is 60.7 Å². The molecule has 0 bridgehead atoms. The minimum atomic E-state index is -1.09. The van der Waals surface area contributed by atoms with Gasteiger partial charge in [0, 0.05) is 51.5 Å². The van der Waals surface area contributed by atoms with Gasteiger partial charge >= 0.3 is 6.03 Å². The van der Waals surface area contributed by atoms with Crippen LogP contribution in [0.5, 0.6) is 0 Å². The third-order valence-electron chi connectivity index (χ3n) is 6.72. The van der Waals surface area contributed by atoms with Crippen molar-refractivity contribution in [2.24, 2.45) is 0 Å². The first-order valence-corrected chi connectivity index (χ1v) is 11.7. The number of carbonyl (C=O) groups excluding carboxylic acids is 2. The van der Waals surface area contributed by atoms with Gasteiger partial charge < -0.3 is 5.32 Å². The summed E-state index contributed by atoms with van der Waals surface area (Å²) < 4.78 is 0. The molecular weight excluding hydrogens is 426 g/mol. The minimum Gasteiger partial charge on any atom is -0.319 e. The van der Waals surface area contributed by atoms with E-state index in [0.717, 1.165) is 43.9 Å². The molecule has 2 aliphatic heterocycles. The standard InChI is InChI=1S/C27H29N5O2/c33-25-27(24-9-5-2-6-10-24,19-22-7-3-1-4-8-22)29-26(34)32(25)21-31-17-15-30(16-18-31)20-23-11-13-28-14-12-23/h1-14H,15-21H2,(H,29,34). The molecule has 2 aromatic carbocycles. The second-order valence-corrected chi connectivity index (χ2v) is 8.99. The highest BCUT2D eigenvalue weighted by Gasteiger charge is 2.52. The lowest BCUT2D eigenvalue weighted by Gasteiger charge is -2.36. The molecule has 0 aliphatic carbocycles. The highest BCUT2D eigenvalue weighted by molar-refractivity contribution is 6.07. The Morgan fingerprint density at radius 3 is 2.06 bits per heavy atom. The number of imide groups is 1. The summed E-state index contributed by atoms with van der Waals surface area (Å²) in [5.74, 6) is -0.188. The third-order valence-corrected chi connectivity index (χ3v) is 6.72. The number of pyridine rings is 1. The highest BCUT2D eigenvalue weighted by Crippen LogP contribution is 2.33. The van der Waals surface area contributed by atoms with Gasteiger partial charge in [-0.25, -0.2) is 9.69 Å². The van der Waals surface area contributed by atoms with E-state index in [1.165, 1.54) is 10.5 Å². The van der Waals surface area contributed by atoms with Crippen LogP contribution in [0.15, 0.2) is 85.2 Å². The molecule has 0 spiro atoms. The van der Waals surface area contributed by atoms with E-state index in [2.05, 4.69) is 20.1 Å². The number of hydrogen-bond donors (Lipinski definition) is 1. The minimum absolute atomic E-state index is 0.188. The predicted octanol–water partition coefficient (Wildman–Crippen LogP) is 2.85. The molecule has 2 saturated heterocycles. The van der Waals surface area contributed by atoms with Gasteiger partial charge in [0.2, 0.25) is 0 Å². The van der Waals surface area contributed by atoms with E-state index in [9.17, 15) is 9.59 Å². The summed E-state index contributed by atoms with van der Waals surface area (Å²) >= 11 is 0. The normalized spacial score (nSPS) is 21.6. The number of urea groups is 1. The number of carbonyl (C=O) groups is 2. The number of rotatable bonds is 7. The molecule has 1 N–H and O–H groups in total. The van der Waals surface area contributed by atoms with Gasteiger partial charge in [0.1, 0.15) is 0 Å². The molecule has 174 valence electrons. The lowest BCUT2D eigenvalue weighted by Crippen LogP contribution is -2.51. The summed E-state index contributed by atoms with van der Waals surface area (Å²) in [6.07, 6.45) is 4.05. The zero-order chi connectivity index (χ0) is 23.4. The summed E-state index contributed by atoms with van der Waals surface area (Å²) in [5, 5.41) is 3.06. The van der Waals surface area contributed by atoms with Gasteiger partial charge in [-0.05, 0) is 28.8 Å². The molecule has 5 rings (SSSR count). The van der Waals surface area contributed by atoms with Gasteiger partial charge in [-0.3, -0.25) is 19.6 Å². The molecular formula is C27H29N5O2. The quantitative estimate of drug-likeness (QED) is 0.555. The topological polar surface area (TPSA) is 68.8 Å². The van der Waals surface area contributed by atoms with E-state index >= 15 is 0 Å². The number of nitrogens with one attached hydrogen (secondary N) is 1. The smallest absolute Gasteiger partial charge is 0.319 e. The summed E-state index contributed by atoms with van der Waals surface area (Å²) in [5.41, 5.74) is 1.96. The molecule has 0 saturated carbocycles. The lowest BCUT2D eigenvalue weighted by atomic mass is 9.83. The van der Waals surface area contributed by atoms with Crippen LogP contribution in [0.2, 0.25) is 0 Å². The second-order valence-electron chi connectivity index (χ2n) is 8.99. The summed E-state index contributed by atoms with van der Waals surface area (Å²) in [4.78, 5) is 37.0. The highest BCUT2D eigenvalue weighted by atomic mass is 16.2. The zero-order valence-corrected chi connectivity index (χ0v) is 19.1. The molecule has 2 aliphatic rings. The Kier molecular flexibility index (Phi) is 6.38. The zero-order valence-electron chi connectivity index (χ0n) is 19.1.